The fraction of sp³-hybridized carbons (Fsp3) is 0.500. The van der Waals surface area contributed by atoms with Crippen LogP contribution in [0.5, 0.6) is 0 Å². The molecule has 2 fully saturated rings. The van der Waals surface area contributed by atoms with Crippen LogP contribution in [-0.2, 0) is 14.3 Å². The number of morpholine rings is 1. The second kappa shape index (κ2) is 0.925. The van der Waals surface area contributed by atoms with Gasteiger partial charge in [0, 0.05) is 0 Å². The number of carbonyl (C=O) groups is 2. The third-order valence-electron chi connectivity index (χ3n) is 1.25. The van der Waals surface area contributed by atoms with Crippen molar-refractivity contribution in [3.8, 4) is 0 Å². The molecular weight excluding hydrogens is 110 g/mol. The minimum Gasteiger partial charge on any atom is -0.349 e. The van der Waals surface area contributed by atoms with E-state index in [0.717, 1.165) is 0 Å². The van der Waals surface area contributed by atoms with Crippen molar-refractivity contribution in [2.75, 3.05) is 0 Å². The van der Waals surface area contributed by atoms with Crippen LogP contribution in [0.2, 0.25) is 0 Å². The second-order valence-corrected chi connectivity index (χ2v) is 1.83. The van der Waals surface area contributed by atoms with Crippen LogP contribution in [-0.4, -0.2) is 24.0 Å². The highest BCUT2D eigenvalue weighted by atomic mass is 16.6. The van der Waals surface area contributed by atoms with Gasteiger partial charge in [0.05, 0.1) is 0 Å². The van der Waals surface area contributed by atoms with Crippen LogP contribution >= 0.6 is 0 Å². The highest BCUT2D eigenvalue weighted by Gasteiger charge is 2.56. The van der Waals surface area contributed by atoms with Crippen LogP contribution in [0.3, 0.4) is 0 Å². The Kier molecular flexibility index (Phi) is 0.465. The summed E-state index contributed by atoms with van der Waals surface area (Å²) in [5.74, 6) is -0.583. The minimum atomic E-state index is -0.442. The lowest BCUT2D eigenvalue weighted by molar-refractivity contribution is -0.130. The van der Waals surface area contributed by atoms with E-state index in [2.05, 4.69) is 10.1 Å². The van der Waals surface area contributed by atoms with Gasteiger partial charge in [0.25, 0.3) is 11.8 Å². The zero-order valence-corrected chi connectivity index (χ0v) is 3.88. The smallest absolute Gasteiger partial charge is 0.259 e. The van der Waals surface area contributed by atoms with Gasteiger partial charge in [0.1, 0.15) is 0 Å². The van der Waals surface area contributed by atoms with Crippen LogP contribution in [0.4, 0.5) is 0 Å². The molecule has 2 rings (SSSR count). The van der Waals surface area contributed by atoms with E-state index in [-0.39, 0.29) is 11.8 Å². The molecule has 0 aliphatic carbocycles. The van der Waals surface area contributed by atoms with Crippen molar-refractivity contribution >= 4 is 11.8 Å². The van der Waals surface area contributed by atoms with Crippen LogP contribution < -0.4 is 5.32 Å². The van der Waals surface area contributed by atoms with Crippen molar-refractivity contribution < 1.29 is 14.3 Å². The molecule has 0 aromatic heterocycles. The van der Waals surface area contributed by atoms with Crippen molar-refractivity contribution in [1.82, 2.24) is 5.32 Å². The van der Waals surface area contributed by atoms with Gasteiger partial charge in [-0.05, 0) is 0 Å². The number of nitrogens with one attached hydrogen (secondary N) is 1. The Balaban J connectivity index is 2.31. The highest BCUT2D eigenvalue weighted by Crippen LogP contribution is 2.26. The third-order valence-corrected chi connectivity index (χ3v) is 1.25. The van der Waals surface area contributed by atoms with Gasteiger partial charge in [-0.15, -0.1) is 0 Å². The molecule has 0 bridgehead atoms. The summed E-state index contributed by atoms with van der Waals surface area (Å²) in [5, 5.41) is 2.11. The molecule has 4 nitrogen and oxygen atoms in total. The van der Waals surface area contributed by atoms with Gasteiger partial charge in [-0.2, -0.15) is 0 Å². The minimum absolute atomic E-state index is 0.292. The van der Waals surface area contributed by atoms with E-state index in [0.29, 0.717) is 0 Å². The normalized spacial score (nSPS) is 41.5. The van der Waals surface area contributed by atoms with E-state index in [4.69, 9.17) is 0 Å². The Morgan fingerprint density at radius 3 is 1.88 bits per heavy atom. The first-order valence-electron chi connectivity index (χ1n) is 2.29. The molecule has 2 saturated heterocycles. The Labute approximate surface area is 44.8 Å². The average molecular weight is 113 g/mol. The van der Waals surface area contributed by atoms with Crippen LogP contribution in [0.25, 0.3) is 0 Å². The molecule has 2 heterocycles. The molecule has 2 unspecified atom stereocenters. The monoisotopic (exact) mass is 113 g/mol. The van der Waals surface area contributed by atoms with E-state index in [1.54, 1.807) is 0 Å². The number of amides is 2. The molecule has 2 aliphatic heterocycles. The zero-order chi connectivity index (χ0) is 5.72. The van der Waals surface area contributed by atoms with Crippen molar-refractivity contribution in [2.45, 2.75) is 12.2 Å². The Hall–Kier alpha value is -0.900. The summed E-state index contributed by atoms with van der Waals surface area (Å²) in [5.41, 5.74) is 0. The fourth-order valence-electron chi connectivity index (χ4n) is 0.775. The lowest BCUT2D eigenvalue weighted by Gasteiger charge is -1.88. The van der Waals surface area contributed by atoms with E-state index in [9.17, 15) is 9.59 Å². The molecule has 0 aromatic carbocycles. The molecule has 1 N–H and O–H groups in total. The molecule has 2 atom stereocenters. The Morgan fingerprint density at radius 1 is 1.25 bits per heavy atom. The van der Waals surface area contributed by atoms with Crippen molar-refractivity contribution in [3.05, 3.63) is 0 Å². The predicted octanol–water partition coefficient (Wildman–Crippen LogP) is -1.59. The predicted molar refractivity (Wildman–Crippen MR) is 21.8 cm³/mol. The highest BCUT2D eigenvalue weighted by molar-refractivity contribution is 6.11. The number of fused-ring (bicyclic) bond motifs is 1. The van der Waals surface area contributed by atoms with Gasteiger partial charge < -0.3 is 4.74 Å². The van der Waals surface area contributed by atoms with Crippen molar-refractivity contribution in [1.29, 1.82) is 0 Å². The topological polar surface area (TPSA) is 58.7 Å². The fourth-order valence-corrected chi connectivity index (χ4v) is 0.775. The van der Waals surface area contributed by atoms with E-state index in [1.165, 1.54) is 0 Å². The first-order chi connectivity index (χ1) is 3.79. The largest absolute Gasteiger partial charge is 0.349 e. The first-order valence-corrected chi connectivity index (χ1v) is 2.29. The van der Waals surface area contributed by atoms with Crippen molar-refractivity contribution in [3.63, 3.8) is 0 Å². The maximum atomic E-state index is 10.4. The van der Waals surface area contributed by atoms with E-state index >= 15 is 0 Å². The molecule has 0 aromatic rings. The van der Waals surface area contributed by atoms with Crippen LogP contribution in [0, 0.1) is 0 Å². The SMILES string of the molecule is O=C1NC(=O)C2OC12. The van der Waals surface area contributed by atoms with Gasteiger partial charge in [-0.25, -0.2) is 0 Å². The lowest BCUT2D eigenvalue weighted by atomic mass is 10.4. The van der Waals surface area contributed by atoms with Gasteiger partial charge in [-0.1, -0.05) is 0 Å². The lowest BCUT2D eigenvalue weighted by Crippen LogP contribution is -2.26. The number of carbonyl (C=O) groups excluding carboxylic acids is 2. The quantitative estimate of drug-likeness (QED) is 0.304. The Morgan fingerprint density at radius 2 is 1.75 bits per heavy atom. The zero-order valence-electron chi connectivity index (χ0n) is 3.88. The Bertz CT molecular complexity index is 158. The molecular formula is C4H3NO3. The molecule has 0 saturated carbocycles. The number of epoxide rings is 1. The van der Waals surface area contributed by atoms with Gasteiger partial charge in [-0.3, -0.25) is 14.9 Å². The molecule has 8 heavy (non-hydrogen) atoms. The average Bonchev–Trinajstić information content (AvgIpc) is 2.35. The number of rotatable bonds is 0. The molecule has 2 amide bonds. The molecule has 4 heteroatoms. The first kappa shape index (κ1) is 4.03. The standard InChI is InChI=1S/C4H3NO3/c6-3-1-2(8-1)4(7)5-3/h1-2H,(H,5,6,7). The van der Waals surface area contributed by atoms with Crippen LogP contribution in [0.15, 0.2) is 0 Å². The van der Waals surface area contributed by atoms with Gasteiger partial charge >= 0.3 is 0 Å². The number of hydrogen-bond acceptors (Lipinski definition) is 3. The third kappa shape index (κ3) is 0.293. The second-order valence-electron chi connectivity index (χ2n) is 1.83. The summed E-state index contributed by atoms with van der Waals surface area (Å²) in [4.78, 5) is 20.7. The molecule has 2 aliphatic rings. The number of ether oxygens (including phenoxy) is 1. The van der Waals surface area contributed by atoms with Gasteiger partial charge in [0.2, 0.25) is 0 Å². The van der Waals surface area contributed by atoms with Crippen molar-refractivity contribution in [2.24, 2.45) is 0 Å². The van der Waals surface area contributed by atoms with Gasteiger partial charge in [0.15, 0.2) is 12.2 Å². The van der Waals surface area contributed by atoms with E-state index in [1.807, 2.05) is 0 Å². The number of imide groups is 1. The summed E-state index contributed by atoms with van der Waals surface area (Å²) < 4.78 is 4.62. The maximum absolute atomic E-state index is 10.4. The van der Waals surface area contributed by atoms with E-state index < -0.39 is 12.2 Å². The maximum Gasteiger partial charge on any atom is 0.259 e. The summed E-state index contributed by atoms with van der Waals surface area (Å²) in [6.45, 7) is 0. The summed E-state index contributed by atoms with van der Waals surface area (Å²) in [6, 6.07) is 0. The number of hydrogen-bond donors (Lipinski definition) is 1. The molecule has 0 radical (unpaired) electrons. The summed E-state index contributed by atoms with van der Waals surface area (Å²) >= 11 is 0. The summed E-state index contributed by atoms with van der Waals surface area (Å²) in [7, 11) is 0. The summed E-state index contributed by atoms with van der Waals surface area (Å²) in [6.07, 6.45) is -0.884. The molecule has 42 valence electrons. The van der Waals surface area contributed by atoms with Crippen LogP contribution in [0.1, 0.15) is 0 Å². The molecule has 0 spiro atoms.